The fourth-order valence-corrected chi connectivity index (χ4v) is 1.36. The van der Waals surface area contributed by atoms with E-state index in [0.717, 1.165) is 12.1 Å². The van der Waals surface area contributed by atoms with Gasteiger partial charge in [-0.3, -0.25) is 0 Å². The standard InChI is InChI=1S/C11H15F2NO/c1-7(6-15)14-8(2)9-3-4-10(12)11(13)5-9/h3-5,7-8,14-15H,6H2,1-2H3/t7-,8+/m0/s1. The van der Waals surface area contributed by atoms with Crippen LogP contribution in [0.4, 0.5) is 8.78 Å². The van der Waals surface area contributed by atoms with Crippen LogP contribution in [0.15, 0.2) is 18.2 Å². The highest BCUT2D eigenvalue weighted by Crippen LogP contribution is 2.16. The van der Waals surface area contributed by atoms with E-state index in [1.54, 1.807) is 0 Å². The first-order valence-corrected chi connectivity index (χ1v) is 4.86. The largest absolute Gasteiger partial charge is 0.395 e. The van der Waals surface area contributed by atoms with Gasteiger partial charge in [0.15, 0.2) is 11.6 Å². The summed E-state index contributed by atoms with van der Waals surface area (Å²) in [7, 11) is 0. The number of aliphatic hydroxyl groups excluding tert-OH is 1. The summed E-state index contributed by atoms with van der Waals surface area (Å²) in [6.07, 6.45) is 0. The van der Waals surface area contributed by atoms with E-state index in [1.165, 1.54) is 6.07 Å². The molecule has 0 fully saturated rings. The number of hydrogen-bond acceptors (Lipinski definition) is 2. The van der Waals surface area contributed by atoms with Crippen LogP contribution in [0.3, 0.4) is 0 Å². The van der Waals surface area contributed by atoms with Crippen LogP contribution in [0.25, 0.3) is 0 Å². The number of hydrogen-bond donors (Lipinski definition) is 2. The van der Waals surface area contributed by atoms with E-state index in [-0.39, 0.29) is 18.7 Å². The van der Waals surface area contributed by atoms with Gasteiger partial charge in [-0.25, -0.2) is 8.78 Å². The second-order valence-corrected chi connectivity index (χ2v) is 3.65. The molecule has 1 aromatic carbocycles. The molecule has 0 bridgehead atoms. The van der Waals surface area contributed by atoms with E-state index in [1.807, 2.05) is 13.8 Å². The number of rotatable bonds is 4. The third kappa shape index (κ3) is 3.25. The molecule has 0 heterocycles. The van der Waals surface area contributed by atoms with Crippen LogP contribution < -0.4 is 5.32 Å². The minimum absolute atomic E-state index is 0.00795. The Balaban J connectivity index is 2.73. The lowest BCUT2D eigenvalue weighted by Crippen LogP contribution is -2.31. The van der Waals surface area contributed by atoms with Gasteiger partial charge in [0.2, 0.25) is 0 Å². The molecule has 1 rings (SSSR count). The van der Waals surface area contributed by atoms with Crippen LogP contribution in [-0.4, -0.2) is 17.8 Å². The van der Waals surface area contributed by atoms with Crippen molar-refractivity contribution in [3.63, 3.8) is 0 Å². The fourth-order valence-electron chi connectivity index (χ4n) is 1.36. The first-order valence-electron chi connectivity index (χ1n) is 4.86. The summed E-state index contributed by atoms with van der Waals surface area (Å²) in [6, 6.07) is 3.60. The molecule has 84 valence electrons. The van der Waals surface area contributed by atoms with E-state index in [2.05, 4.69) is 5.32 Å². The topological polar surface area (TPSA) is 32.3 Å². The van der Waals surface area contributed by atoms with E-state index >= 15 is 0 Å². The molecule has 15 heavy (non-hydrogen) atoms. The number of benzene rings is 1. The van der Waals surface area contributed by atoms with Crippen molar-refractivity contribution >= 4 is 0 Å². The zero-order valence-electron chi connectivity index (χ0n) is 8.80. The predicted octanol–water partition coefficient (Wildman–Crippen LogP) is 2.00. The predicted molar refractivity (Wildman–Crippen MR) is 54.5 cm³/mol. The van der Waals surface area contributed by atoms with Gasteiger partial charge in [0.25, 0.3) is 0 Å². The summed E-state index contributed by atoms with van der Waals surface area (Å²) in [6.45, 7) is 3.66. The van der Waals surface area contributed by atoms with Crippen molar-refractivity contribution < 1.29 is 13.9 Å². The Bertz CT molecular complexity index is 330. The van der Waals surface area contributed by atoms with Crippen LogP contribution in [0.5, 0.6) is 0 Å². The summed E-state index contributed by atoms with van der Waals surface area (Å²) in [4.78, 5) is 0. The van der Waals surface area contributed by atoms with Crippen LogP contribution in [0.2, 0.25) is 0 Å². The zero-order chi connectivity index (χ0) is 11.4. The first-order chi connectivity index (χ1) is 7.04. The van der Waals surface area contributed by atoms with Gasteiger partial charge in [0.05, 0.1) is 6.61 Å². The van der Waals surface area contributed by atoms with Crippen molar-refractivity contribution in [3.8, 4) is 0 Å². The van der Waals surface area contributed by atoms with Crippen molar-refractivity contribution in [1.82, 2.24) is 5.32 Å². The molecule has 0 aromatic heterocycles. The van der Waals surface area contributed by atoms with Crippen LogP contribution in [0, 0.1) is 11.6 Å². The van der Waals surface area contributed by atoms with Crippen LogP contribution >= 0.6 is 0 Å². The third-order valence-corrected chi connectivity index (χ3v) is 2.25. The Kier molecular flexibility index (Phi) is 4.17. The van der Waals surface area contributed by atoms with Crippen LogP contribution in [0.1, 0.15) is 25.5 Å². The molecule has 0 spiro atoms. The van der Waals surface area contributed by atoms with E-state index in [9.17, 15) is 8.78 Å². The molecule has 4 heteroatoms. The fraction of sp³-hybridized carbons (Fsp3) is 0.455. The SMILES string of the molecule is C[C@@H](CO)N[C@H](C)c1ccc(F)c(F)c1. The summed E-state index contributed by atoms with van der Waals surface area (Å²) in [5.74, 6) is -1.70. The molecule has 0 radical (unpaired) electrons. The van der Waals surface area contributed by atoms with Gasteiger partial charge in [-0.1, -0.05) is 6.07 Å². The molecule has 2 atom stereocenters. The van der Waals surface area contributed by atoms with Gasteiger partial charge in [-0.15, -0.1) is 0 Å². The second-order valence-electron chi connectivity index (χ2n) is 3.65. The summed E-state index contributed by atoms with van der Waals surface area (Å²) in [5, 5.41) is 11.9. The average molecular weight is 215 g/mol. The zero-order valence-corrected chi connectivity index (χ0v) is 8.80. The molecule has 0 saturated carbocycles. The minimum Gasteiger partial charge on any atom is -0.395 e. The Hall–Kier alpha value is -1.00. The molecule has 2 nitrogen and oxygen atoms in total. The lowest BCUT2D eigenvalue weighted by molar-refractivity contribution is 0.243. The lowest BCUT2D eigenvalue weighted by atomic mass is 10.1. The highest BCUT2D eigenvalue weighted by atomic mass is 19.2. The van der Waals surface area contributed by atoms with Crippen molar-refractivity contribution in [2.75, 3.05) is 6.61 Å². The van der Waals surface area contributed by atoms with Gasteiger partial charge in [0.1, 0.15) is 0 Å². The second kappa shape index (κ2) is 5.19. The molecule has 0 aliphatic heterocycles. The normalized spacial score (nSPS) is 15.0. The molecular weight excluding hydrogens is 200 g/mol. The molecule has 1 aromatic rings. The summed E-state index contributed by atoms with van der Waals surface area (Å²) < 4.78 is 25.6. The smallest absolute Gasteiger partial charge is 0.159 e. The monoisotopic (exact) mass is 215 g/mol. The van der Waals surface area contributed by atoms with E-state index < -0.39 is 11.6 Å². The molecule has 0 saturated heterocycles. The van der Waals surface area contributed by atoms with Gasteiger partial charge in [0, 0.05) is 12.1 Å². The molecule has 2 N–H and O–H groups in total. The minimum atomic E-state index is -0.849. The Labute approximate surface area is 87.9 Å². The highest BCUT2D eigenvalue weighted by molar-refractivity contribution is 5.20. The number of aliphatic hydroxyl groups is 1. The van der Waals surface area contributed by atoms with Gasteiger partial charge < -0.3 is 10.4 Å². The number of nitrogens with one attached hydrogen (secondary N) is 1. The van der Waals surface area contributed by atoms with Crippen molar-refractivity contribution in [3.05, 3.63) is 35.4 Å². The Morgan fingerprint density at radius 3 is 2.47 bits per heavy atom. The number of halogens is 2. The van der Waals surface area contributed by atoms with Crippen LogP contribution in [-0.2, 0) is 0 Å². The van der Waals surface area contributed by atoms with Gasteiger partial charge >= 0.3 is 0 Å². The molecule has 0 aliphatic rings. The maximum absolute atomic E-state index is 12.9. The summed E-state index contributed by atoms with van der Waals surface area (Å²) >= 11 is 0. The average Bonchev–Trinajstić information content (AvgIpc) is 2.21. The van der Waals surface area contributed by atoms with Crippen molar-refractivity contribution in [2.24, 2.45) is 0 Å². The van der Waals surface area contributed by atoms with E-state index in [4.69, 9.17) is 5.11 Å². The Morgan fingerprint density at radius 2 is 1.93 bits per heavy atom. The van der Waals surface area contributed by atoms with E-state index in [0.29, 0.717) is 5.56 Å². The maximum atomic E-state index is 12.9. The van der Waals surface area contributed by atoms with Gasteiger partial charge in [-0.2, -0.15) is 0 Å². The molecular formula is C11H15F2NO. The summed E-state index contributed by atoms with van der Waals surface area (Å²) in [5.41, 5.74) is 0.661. The Morgan fingerprint density at radius 1 is 1.27 bits per heavy atom. The molecule has 0 amide bonds. The van der Waals surface area contributed by atoms with Crippen molar-refractivity contribution in [1.29, 1.82) is 0 Å². The lowest BCUT2D eigenvalue weighted by Gasteiger charge is -2.18. The quantitative estimate of drug-likeness (QED) is 0.805. The van der Waals surface area contributed by atoms with Gasteiger partial charge in [-0.05, 0) is 31.5 Å². The highest BCUT2D eigenvalue weighted by Gasteiger charge is 2.10. The maximum Gasteiger partial charge on any atom is 0.159 e. The third-order valence-electron chi connectivity index (χ3n) is 2.25. The molecule has 0 aliphatic carbocycles. The first kappa shape index (κ1) is 12.1. The molecule has 0 unspecified atom stereocenters. The van der Waals surface area contributed by atoms with Crippen molar-refractivity contribution in [2.45, 2.75) is 25.9 Å².